The molecule has 0 aliphatic carbocycles. The van der Waals surface area contributed by atoms with E-state index in [1.165, 1.54) is 11.3 Å². The van der Waals surface area contributed by atoms with E-state index in [0.29, 0.717) is 28.8 Å². The Morgan fingerprint density at radius 1 is 1.50 bits per heavy atom. The predicted octanol–water partition coefficient (Wildman–Crippen LogP) is 3.27. The Morgan fingerprint density at radius 3 is 2.90 bits per heavy atom. The van der Waals surface area contributed by atoms with E-state index in [0.717, 1.165) is 16.5 Å². The molecule has 108 valence electrons. The van der Waals surface area contributed by atoms with E-state index in [1.807, 2.05) is 18.2 Å². The minimum atomic E-state index is -0.106. The number of carbonyl (C=O) groups excluding carboxylic acids is 1. The van der Waals surface area contributed by atoms with Crippen molar-refractivity contribution in [3.63, 3.8) is 0 Å². The van der Waals surface area contributed by atoms with E-state index in [9.17, 15) is 4.79 Å². The van der Waals surface area contributed by atoms with Crippen LogP contribution in [0.3, 0.4) is 0 Å². The molecule has 1 aromatic heterocycles. The van der Waals surface area contributed by atoms with Gasteiger partial charge in [0.1, 0.15) is 10.6 Å². The third-order valence-corrected chi connectivity index (χ3v) is 4.62. The maximum Gasteiger partial charge on any atom is 0.263 e. The van der Waals surface area contributed by atoms with Crippen molar-refractivity contribution in [2.45, 2.75) is 20.3 Å². The number of nitrogen functional groups attached to an aromatic ring is 1. The second-order valence-electron chi connectivity index (χ2n) is 4.90. The smallest absolute Gasteiger partial charge is 0.263 e. The third-order valence-electron chi connectivity index (χ3n) is 3.45. The highest BCUT2D eigenvalue weighted by Crippen LogP contribution is 2.39. The minimum Gasteiger partial charge on any atom is -0.496 e. The summed E-state index contributed by atoms with van der Waals surface area (Å²) < 4.78 is 6.28. The van der Waals surface area contributed by atoms with Gasteiger partial charge in [-0.05, 0) is 18.1 Å². The Morgan fingerprint density at radius 2 is 2.25 bits per heavy atom. The van der Waals surface area contributed by atoms with Crippen LogP contribution in [0.2, 0.25) is 0 Å². The zero-order chi connectivity index (χ0) is 14.7. The molecule has 4 nitrogen and oxygen atoms in total. The van der Waals surface area contributed by atoms with Gasteiger partial charge in [-0.3, -0.25) is 4.79 Å². The summed E-state index contributed by atoms with van der Waals surface area (Å²) in [4.78, 5) is 12.8. The van der Waals surface area contributed by atoms with Gasteiger partial charge in [-0.25, -0.2) is 0 Å². The number of rotatable bonds is 5. The summed E-state index contributed by atoms with van der Waals surface area (Å²) >= 11 is 1.40. The Labute approximate surface area is 122 Å². The SMILES string of the molecule is CCC(C)CNC(=O)c1sc2cccc(OC)c2c1N. The molecule has 0 radical (unpaired) electrons. The number of thiophene rings is 1. The third kappa shape index (κ3) is 2.72. The van der Waals surface area contributed by atoms with Crippen molar-refractivity contribution in [2.75, 3.05) is 19.4 Å². The highest BCUT2D eigenvalue weighted by molar-refractivity contribution is 7.21. The predicted molar refractivity (Wildman–Crippen MR) is 84.6 cm³/mol. The molecule has 5 heteroatoms. The molecule has 1 unspecified atom stereocenters. The molecule has 0 saturated carbocycles. The van der Waals surface area contributed by atoms with Crippen LogP contribution in [0.15, 0.2) is 18.2 Å². The molecule has 0 spiro atoms. The van der Waals surface area contributed by atoms with Crippen molar-refractivity contribution in [1.29, 1.82) is 0 Å². The van der Waals surface area contributed by atoms with Crippen molar-refractivity contribution in [3.8, 4) is 5.75 Å². The number of nitrogens with two attached hydrogens (primary N) is 1. The van der Waals surface area contributed by atoms with Crippen molar-refractivity contribution in [2.24, 2.45) is 5.92 Å². The molecule has 0 bridgehead atoms. The van der Waals surface area contributed by atoms with Gasteiger partial charge in [-0.2, -0.15) is 0 Å². The van der Waals surface area contributed by atoms with Crippen LogP contribution in [0.25, 0.3) is 10.1 Å². The van der Waals surface area contributed by atoms with Crippen LogP contribution >= 0.6 is 11.3 Å². The number of ether oxygens (including phenoxy) is 1. The quantitative estimate of drug-likeness (QED) is 0.889. The first-order chi connectivity index (χ1) is 9.58. The number of nitrogens with one attached hydrogen (secondary N) is 1. The van der Waals surface area contributed by atoms with Crippen molar-refractivity contribution < 1.29 is 9.53 Å². The van der Waals surface area contributed by atoms with Gasteiger partial charge in [0.05, 0.1) is 18.2 Å². The summed E-state index contributed by atoms with van der Waals surface area (Å²) in [6.45, 7) is 4.88. The van der Waals surface area contributed by atoms with Crippen LogP contribution in [0.5, 0.6) is 5.75 Å². The van der Waals surface area contributed by atoms with Crippen LogP contribution in [-0.4, -0.2) is 19.6 Å². The molecule has 1 heterocycles. The largest absolute Gasteiger partial charge is 0.496 e. The molecule has 1 amide bonds. The first kappa shape index (κ1) is 14.7. The standard InChI is InChI=1S/C15H20N2O2S/c1-4-9(2)8-17-15(18)14-13(16)12-10(19-3)6-5-7-11(12)20-14/h5-7,9H,4,8,16H2,1-3H3,(H,17,18). The molecular formula is C15H20N2O2S. The van der Waals surface area contributed by atoms with Crippen molar-refractivity contribution in [3.05, 3.63) is 23.1 Å². The van der Waals surface area contributed by atoms with Crippen LogP contribution in [-0.2, 0) is 0 Å². The van der Waals surface area contributed by atoms with Gasteiger partial charge in [0.2, 0.25) is 0 Å². The fourth-order valence-electron chi connectivity index (χ4n) is 1.97. The Kier molecular flexibility index (Phi) is 4.49. The van der Waals surface area contributed by atoms with Gasteiger partial charge in [-0.15, -0.1) is 11.3 Å². The summed E-state index contributed by atoms with van der Waals surface area (Å²) in [7, 11) is 1.61. The highest BCUT2D eigenvalue weighted by Gasteiger charge is 2.18. The molecule has 0 fully saturated rings. The lowest BCUT2D eigenvalue weighted by Gasteiger charge is -2.09. The number of carbonyl (C=O) groups is 1. The molecule has 2 rings (SSSR count). The Hall–Kier alpha value is -1.75. The fraction of sp³-hybridized carbons (Fsp3) is 0.400. The number of fused-ring (bicyclic) bond motifs is 1. The Balaban J connectivity index is 2.31. The second-order valence-corrected chi connectivity index (χ2v) is 5.95. The summed E-state index contributed by atoms with van der Waals surface area (Å²) in [5.74, 6) is 1.06. The fourth-order valence-corrected chi connectivity index (χ4v) is 3.03. The van der Waals surface area contributed by atoms with E-state index < -0.39 is 0 Å². The monoisotopic (exact) mass is 292 g/mol. The highest BCUT2D eigenvalue weighted by atomic mass is 32.1. The van der Waals surface area contributed by atoms with Crippen LogP contribution in [0.4, 0.5) is 5.69 Å². The molecule has 1 aromatic carbocycles. The molecular weight excluding hydrogens is 272 g/mol. The van der Waals surface area contributed by atoms with Crippen LogP contribution in [0, 0.1) is 5.92 Å². The van der Waals surface area contributed by atoms with E-state index in [4.69, 9.17) is 10.5 Å². The molecule has 0 saturated heterocycles. The van der Waals surface area contributed by atoms with E-state index >= 15 is 0 Å². The minimum absolute atomic E-state index is 0.106. The van der Waals surface area contributed by atoms with Crippen molar-refractivity contribution in [1.82, 2.24) is 5.32 Å². The zero-order valence-corrected chi connectivity index (χ0v) is 12.8. The average Bonchev–Trinajstić information content (AvgIpc) is 2.81. The number of hydrogen-bond acceptors (Lipinski definition) is 4. The molecule has 0 aliphatic heterocycles. The normalized spacial score (nSPS) is 12.3. The van der Waals surface area contributed by atoms with Gasteiger partial charge < -0.3 is 15.8 Å². The van der Waals surface area contributed by atoms with Gasteiger partial charge >= 0.3 is 0 Å². The van der Waals surface area contributed by atoms with Crippen LogP contribution in [0.1, 0.15) is 29.9 Å². The first-order valence-corrected chi connectivity index (χ1v) is 7.53. The number of methoxy groups -OCH3 is 1. The topological polar surface area (TPSA) is 64.3 Å². The maximum atomic E-state index is 12.2. The molecule has 2 aromatic rings. The summed E-state index contributed by atoms with van der Waals surface area (Å²) in [6.07, 6.45) is 1.04. The second kappa shape index (κ2) is 6.13. The van der Waals surface area contributed by atoms with E-state index in [2.05, 4.69) is 19.2 Å². The average molecular weight is 292 g/mol. The van der Waals surface area contributed by atoms with E-state index in [-0.39, 0.29) is 5.91 Å². The van der Waals surface area contributed by atoms with Gasteiger partial charge in [0.25, 0.3) is 5.91 Å². The Bertz CT molecular complexity index is 622. The van der Waals surface area contributed by atoms with E-state index in [1.54, 1.807) is 7.11 Å². The number of anilines is 1. The van der Waals surface area contributed by atoms with Gasteiger partial charge in [-0.1, -0.05) is 26.3 Å². The van der Waals surface area contributed by atoms with Gasteiger partial charge in [0.15, 0.2) is 0 Å². The number of hydrogen-bond donors (Lipinski definition) is 2. The van der Waals surface area contributed by atoms with Crippen molar-refractivity contribution >= 4 is 33.0 Å². The van der Waals surface area contributed by atoms with Gasteiger partial charge in [0, 0.05) is 11.2 Å². The number of benzene rings is 1. The lowest BCUT2D eigenvalue weighted by atomic mass is 10.1. The zero-order valence-electron chi connectivity index (χ0n) is 12.0. The summed E-state index contributed by atoms with van der Waals surface area (Å²) in [5.41, 5.74) is 6.63. The molecule has 1 atom stereocenters. The lowest BCUT2D eigenvalue weighted by molar-refractivity contribution is 0.0953. The lowest BCUT2D eigenvalue weighted by Crippen LogP contribution is -2.27. The summed E-state index contributed by atoms with van der Waals surface area (Å²) in [5, 5.41) is 3.77. The maximum absolute atomic E-state index is 12.2. The molecule has 20 heavy (non-hydrogen) atoms. The first-order valence-electron chi connectivity index (χ1n) is 6.71. The molecule has 3 N–H and O–H groups in total. The summed E-state index contributed by atoms with van der Waals surface area (Å²) in [6, 6.07) is 5.70. The molecule has 0 aliphatic rings. The van der Waals surface area contributed by atoms with Crippen LogP contribution < -0.4 is 15.8 Å². The number of amides is 1.